The van der Waals surface area contributed by atoms with Gasteiger partial charge in [-0.3, -0.25) is 0 Å². The second-order valence-corrected chi connectivity index (χ2v) is 7.19. The van der Waals surface area contributed by atoms with E-state index in [0.29, 0.717) is 18.5 Å². The minimum atomic E-state index is -2.86. The van der Waals surface area contributed by atoms with Crippen LogP contribution in [0.5, 0.6) is 0 Å². The van der Waals surface area contributed by atoms with Gasteiger partial charge in [-0.25, -0.2) is 4.68 Å². The quantitative estimate of drug-likeness (QED) is 0.777. The van der Waals surface area contributed by atoms with Crippen molar-refractivity contribution in [1.29, 1.82) is 0 Å². The molecule has 1 aliphatic rings. The highest BCUT2D eigenvalue weighted by Crippen LogP contribution is 2.46. The molecular weight excluding hydrogens is 260 g/mol. The SMILES string of the molecule is CC(C)C1CCCCc2nnn(C(C)(C)C)c2C1(F)F. The molecule has 0 fully saturated rings. The van der Waals surface area contributed by atoms with Gasteiger partial charge in [0, 0.05) is 5.92 Å². The summed E-state index contributed by atoms with van der Waals surface area (Å²) in [5.41, 5.74) is 0.0451. The summed E-state index contributed by atoms with van der Waals surface area (Å²) in [5.74, 6) is -3.55. The van der Waals surface area contributed by atoms with Crippen LogP contribution in [0.15, 0.2) is 0 Å². The van der Waals surface area contributed by atoms with Crippen molar-refractivity contribution < 1.29 is 8.78 Å². The molecule has 1 heterocycles. The molecule has 5 heteroatoms. The molecule has 0 saturated heterocycles. The molecule has 1 aromatic heterocycles. The van der Waals surface area contributed by atoms with Crippen molar-refractivity contribution in [2.45, 2.75) is 71.8 Å². The number of rotatable bonds is 1. The van der Waals surface area contributed by atoms with Crippen LogP contribution >= 0.6 is 0 Å². The molecule has 114 valence electrons. The lowest BCUT2D eigenvalue weighted by Crippen LogP contribution is -2.38. The first-order valence-corrected chi connectivity index (χ1v) is 7.49. The number of hydrogen-bond donors (Lipinski definition) is 0. The maximum absolute atomic E-state index is 15.1. The average molecular weight is 285 g/mol. The Morgan fingerprint density at radius 3 is 2.45 bits per heavy atom. The van der Waals surface area contributed by atoms with Crippen LogP contribution in [0.25, 0.3) is 0 Å². The van der Waals surface area contributed by atoms with Crippen molar-refractivity contribution in [1.82, 2.24) is 15.0 Å². The third-order valence-corrected chi connectivity index (χ3v) is 4.14. The highest BCUT2D eigenvalue weighted by Gasteiger charge is 2.49. The minimum absolute atomic E-state index is 0.0448. The number of nitrogens with zero attached hydrogens (tertiary/aromatic N) is 3. The monoisotopic (exact) mass is 285 g/mol. The molecule has 0 aromatic carbocycles. The maximum Gasteiger partial charge on any atom is 0.294 e. The van der Waals surface area contributed by atoms with Gasteiger partial charge in [-0.15, -0.1) is 5.10 Å². The fraction of sp³-hybridized carbons (Fsp3) is 0.867. The summed E-state index contributed by atoms with van der Waals surface area (Å²) in [4.78, 5) is 0. The number of fused-ring (bicyclic) bond motifs is 1. The van der Waals surface area contributed by atoms with Crippen molar-refractivity contribution in [3.05, 3.63) is 11.4 Å². The van der Waals surface area contributed by atoms with Gasteiger partial charge in [0.1, 0.15) is 5.69 Å². The molecule has 1 atom stereocenters. The Balaban J connectivity index is 2.59. The Kier molecular flexibility index (Phi) is 3.91. The number of hydrogen-bond acceptors (Lipinski definition) is 2. The van der Waals surface area contributed by atoms with E-state index in [1.54, 1.807) is 0 Å². The van der Waals surface area contributed by atoms with Crippen molar-refractivity contribution >= 4 is 0 Å². The fourth-order valence-corrected chi connectivity index (χ4v) is 3.05. The molecule has 1 unspecified atom stereocenters. The number of aromatic nitrogens is 3. The lowest BCUT2D eigenvalue weighted by molar-refractivity contribution is -0.0974. The molecule has 1 aliphatic carbocycles. The van der Waals surface area contributed by atoms with E-state index >= 15 is 8.78 Å². The van der Waals surface area contributed by atoms with E-state index in [2.05, 4.69) is 10.3 Å². The van der Waals surface area contributed by atoms with Gasteiger partial charge in [0.15, 0.2) is 0 Å². The first-order valence-electron chi connectivity index (χ1n) is 7.49. The van der Waals surface area contributed by atoms with Crippen LogP contribution in [0, 0.1) is 11.8 Å². The molecule has 20 heavy (non-hydrogen) atoms. The molecular formula is C15H25F2N3. The normalized spacial score (nSPS) is 23.3. The van der Waals surface area contributed by atoms with Crippen LogP contribution in [0.1, 0.15) is 65.3 Å². The van der Waals surface area contributed by atoms with E-state index in [1.807, 2.05) is 34.6 Å². The highest BCUT2D eigenvalue weighted by molar-refractivity contribution is 5.20. The third kappa shape index (κ3) is 2.59. The Bertz CT molecular complexity index is 472. The lowest BCUT2D eigenvalue weighted by atomic mass is 9.80. The molecule has 0 spiro atoms. The Morgan fingerprint density at radius 1 is 1.25 bits per heavy atom. The molecule has 0 radical (unpaired) electrons. The van der Waals surface area contributed by atoms with Crippen LogP contribution < -0.4 is 0 Å². The third-order valence-electron chi connectivity index (χ3n) is 4.14. The van der Waals surface area contributed by atoms with Gasteiger partial charge >= 0.3 is 0 Å². The zero-order valence-corrected chi connectivity index (χ0v) is 13.1. The second-order valence-electron chi connectivity index (χ2n) is 7.19. The van der Waals surface area contributed by atoms with Crippen molar-refractivity contribution in [3.63, 3.8) is 0 Å². The molecule has 0 bridgehead atoms. The molecule has 0 N–H and O–H groups in total. The standard InChI is InChI=1S/C15H25F2N3/c1-10(2)11-8-6-7-9-12-13(15(11,16)17)20(19-18-12)14(3,4)5/h10-11H,6-9H2,1-5H3. The zero-order chi connectivity index (χ0) is 15.1. The largest absolute Gasteiger partial charge is 0.294 e. The van der Waals surface area contributed by atoms with Gasteiger partial charge in [0.05, 0.1) is 11.2 Å². The van der Waals surface area contributed by atoms with Gasteiger partial charge in [0.2, 0.25) is 0 Å². The Labute approximate surface area is 119 Å². The van der Waals surface area contributed by atoms with E-state index in [1.165, 1.54) is 4.68 Å². The van der Waals surface area contributed by atoms with E-state index in [-0.39, 0.29) is 11.6 Å². The fourth-order valence-electron chi connectivity index (χ4n) is 3.05. The minimum Gasteiger partial charge on any atom is -0.238 e. The summed E-state index contributed by atoms with van der Waals surface area (Å²) in [5, 5.41) is 8.08. The molecule has 3 nitrogen and oxygen atoms in total. The van der Waals surface area contributed by atoms with Crippen LogP contribution in [0.4, 0.5) is 8.78 Å². The molecule has 2 rings (SSSR count). The molecule has 1 aromatic rings. The van der Waals surface area contributed by atoms with Crippen molar-refractivity contribution in [2.24, 2.45) is 11.8 Å². The average Bonchev–Trinajstić information content (AvgIpc) is 2.69. The zero-order valence-electron chi connectivity index (χ0n) is 13.1. The second kappa shape index (κ2) is 5.08. The Hall–Kier alpha value is -1.00. The lowest BCUT2D eigenvalue weighted by Gasteiger charge is -2.34. The van der Waals surface area contributed by atoms with Gasteiger partial charge in [0.25, 0.3) is 5.92 Å². The number of alkyl halides is 2. The summed E-state index contributed by atoms with van der Waals surface area (Å²) in [6, 6.07) is 0. The van der Waals surface area contributed by atoms with Crippen LogP contribution in [-0.4, -0.2) is 15.0 Å². The summed E-state index contributed by atoms with van der Waals surface area (Å²) in [7, 11) is 0. The Morgan fingerprint density at radius 2 is 1.90 bits per heavy atom. The van der Waals surface area contributed by atoms with Gasteiger partial charge in [-0.1, -0.05) is 25.5 Å². The smallest absolute Gasteiger partial charge is 0.238 e. The van der Waals surface area contributed by atoms with Crippen molar-refractivity contribution in [3.8, 4) is 0 Å². The van der Waals surface area contributed by atoms with E-state index in [4.69, 9.17) is 0 Å². The van der Waals surface area contributed by atoms with E-state index in [0.717, 1.165) is 12.8 Å². The first kappa shape index (κ1) is 15.4. The molecule has 0 aliphatic heterocycles. The molecule has 0 amide bonds. The summed E-state index contributed by atoms with van der Waals surface area (Å²) >= 11 is 0. The van der Waals surface area contributed by atoms with E-state index < -0.39 is 17.4 Å². The highest BCUT2D eigenvalue weighted by atomic mass is 19.3. The summed E-state index contributed by atoms with van der Waals surface area (Å²) < 4.78 is 31.6. The predicted molar refractivity (Wildman–Crippen MR) is 74.8 cm³/mol. The van der Waals surface area contributed by atoms with Gasteiger partial charge in [-0.05, 0) is 46.0 Å². The maximum atomic E-state index is 15.1. The van der Waals surface area contributed by atoms with E-state index in [9.17, 15) is 0 Å². The summed E-state index contributed by atoms with van der Waals surface area (Å²) in [6.07, 6.45) is 2.92. The predicted octanol–water partition coefficient (Wildman–Crippen LogP) is 4.12. The van der Waals surface area contributed by atoms with Gasteiger partial charge < -0.3 is 0 Å². The van der Waals surface area contributed by atoms with Gasteiger partial charge in [-0.2, -0.15) is 8.78 Å². The van der Waals surface area contributed by atoms with Crippen LogP contribution in [0.3, 0.4) is 0 Å². The molecule has 0 saturated carbocycles. The van der Waals surface area contributed by atoms with Crippen LogP contribution in [-0.2, 0) is 17.9 Å². The van der Waals surface area contributed by atoms with Crippen LogP contribution in [0.2, 0.25) is 0 Å². The topological polar surface area (TPSA) is 30.7 Å². The number of aryl methyl sites for hydroxylation is 1. The summed E-state index contributed by atoms with van der Waals surface area (Å²) in [6.45, 7) is 9.43. The first-order chi connectivity index (χ1) is 9.15. The number of halogens is 2. The van der Waals surface area contributed by atoms with Crippen molar-refractivity contribution in [2.75, 3.05) is 0 Å².